The summed E-state index contributed by atoms with van der Waals surface area (Å²) in [7, 11) is 0. The molecule has 0 spiro atoms. The third-order valence-electron chi connectivity index (χ3n) is 5.52. The molecule has 0 aliphatic carbocycles. The lowest BCUT2D eigenvalue weighted by atomic mass is 9.86. The number of benzene rings is 2. The van der Waals surface area contributed by atoms with Crippen molar-refractivity contribution in [1.29, 1.82) is 0 Å². The molecule has 0 aliphatic heterocycles. The van der Waals surface area contributed by atoms with Gasteiger partial charge in [-0.3, -0.25) is 14.6 Å². The van der Waals surface area contributed by atoms with Crippen LogP contribution in [0.1, 0.15) is 31.8 Å². The number of carbonyl (C=O) groups excluding carboxylic acids is 2. The van der Waals surface area contributed by atoms with Crippen LogP contribution in [0.5, 0.6) is 0 Å². The molecule has 1 atom stereocenters. The highest BCUT2D eigenvalue weighted by molar-refractivity contribution is 14.1. The Morgan fingerprint density at radius 1 is 0.714 bits per heavy atom. The topological polar surface area (TPSA) is 71.1 Å². The van der Waals surface area contributed by atoms with Crippen LogP contribution in [0.15, 0.2) is 60.9 Å². The van der Waals surface area contributed by atoms with E-state index in [1.807, 2.05) is 0 Å². The summed E-state index contributed by atoms with van der Waals surface area (Å²) in [4.78, 5) is 28.8. The summed E-state index contributed by atoms with van der Waals surface area (Å²) < 4.78 is 162. The van der Waals surface area contributed by atoms with Gasteiger partial charge in [0, 0.05) is 32.8 Å². The number of halogens is 13. The first-order valence-electron chi connectivity index (χ1n) is 10.9. The number of alkyl halides is 12. The van der Waals surface area contributed by atoms with Gasteiger partial charge in [-0.15, -0.1) is 0 Å². The van der Waals surface area contributed by atoms with Crippen LogP contribution < -0.4 is 10.6 Å². The number of anilines is 2. The van der Waals surface area contributed by atoms with Crippen LogP contribution in [-0.2, 0) is 11.8 Å². The first kappa shape index (κ1) is 32.9. The van der Waals surface area contributed by atoms with Crippen molar-refractivity contribution in [2.45, 2.75) is 30.1 Å². The Kier molecular flexibility index (Phi) is 8.82. The number of aromatic nitrogens is 1. The fraction of sp³-hybridized carbons (Fsp3) is 0.208. The zero-order valence-corrected chi connectivity index (χ0v) is 22.1. The van der Waals surface area contributed by atoms with Crippen molar-refractivity contribution >= 4 is 45.8 Å². The van der Waals surface area contributed by atoms with Crippen molar-refractivity contribution in [2.24, 2.45) is 0 Å². The van der Waals surface area contributed by atoms with Crippen molar-refractivity contribution in [3.05, 3.63) is 86.7 Å². The Bertz CT molecular complexity index is 1490. The van der Waals surface area contributed by atoms with E-state index in [1.54, 1.807) is 5.32 Å². The summed E-state index contributed by atoms with van der Waals surface area (Å²) in [5.41, 5.74) is -13.4. The highest BCUT2D eigenvalue weighted by atomic mass is 127. The number of nitrogens with zero attached hydrogens (tertiary/aromatic N) is 1. The van der Waals surface area contributed by atoms with Gasteiger partial charge in [0.1, 0.15) is 0 Å². The second-order valence-electron chi connectivity index (χ2n) is 8.34. The molecule has 0 aliphatic rings. The number of amides is 2. The first-order chi connectivity index (χ1) is 19.1. The maximum atomic E-state index is 14.9. The minimum atomic E-state index is -7.21. The Morgan fingerprint density at radius 2 is 1.31 bits per heavy atom. The molecule has 1 unspecified atom stereocenters. The van der Waals surface area contributed by atoms with Crippen LogP contribution in [-0.4, -0.2) is 35.1 Å². The molecule has 0 radical (unpaired) electrons. The molecule has 0 saturated carbocycles. The van der Waals surface area contributed by atoms with Crippen LogP contribution in [0.3, 0.4) is 0 Å². The van der Waals surface area contributed by atoms with E-state index >= 15 is 0 Å². The van der Waals surface area contributed by atoms with E-state index < -0.39 is 73.9 Å². The van der Waals surface area contributed by atoms with Crippen LogP contribution in [0, 0.1) is 3.57 Å². The summed E-state index contributed by atoms with van der Waals surface area (Å²) in [5, 5.41) is 4.07. The van der Waals surface area contributed by atoms with Crippen LogP contribution >= 0.6 is 22.6 Å². The molecule has 3 rings (SSSR count). The van der Waals surface area contributed by atoms with E-state index in [2.05, 4.69) is 10.3 Å². The molecule has 0 saturated heterocycles. The quantitative estimate of drug-likeness (QED) is 0.199. The SMILES string of the molecule is O=C(Nc1cccc(C(=O)Nc2c(I)cc(C(F)(C(F)(F)F)C(F)(F)C(F)(F)F)cc2C(F)(F)F)c1)c1cccnc1. The van der Waals surface area contributed by atoms with E-state index in [0.717, 1.165) is 34.7 Å². The summed E-state index contributed by atoms with van der Waals surface area (Å²) in [6, 6.07) is 6.13. The second-order valence-corrected chi connectivity index (χ2v) is 9.50. The van der Waals surface area contributed by atoms with Crippen LogP contribution in [0.25, 0.3) is 0 Å². The minimum Gasteiger partial charge on any atom is -0.322 e. The van der Waals surface area contributed by atoms with Gasteiger partial charge in [0.05, 0.1) is 16.8 Å². The number of rotatable bonds is 6. The molecule has 0 fully saturated rings. The number of hydrogen-bond acceptors (Lipinski definition) is 3. The smallest absolute Gasteiger partial charge is 0.322 e. The average Bonchev–Trinajstić information content (AvgIpc) is 2.87. The van der Waals surface area contributed by atoms with Crippen molar-refractivity contribution in [1.82, 2.24) is 4.98 Å². The lowest BCUT2D eigenvalue weighted by Crippen LogP contribution is -2.59. The average molecular weight is 729 g/mol. The number of carbonyl (C=O) groups is 2. The maximum Gasteiger partial charge on any atom is 0.457 e. The summed E-state index contributed by atoms with van der Waals surface area (Å²) in [6.07, 6.45) is -17.4. The van der Waals surface area contributed by atoms with Gasteiger partial charge in [-0.25, -0.2) is 4.39 Å². The highest BCUT2D eigenvalue weighted by Crippen LogP contribution is 2.59. The fourth-order valence-corrected chi connectivity index (χ4v) is 4.26. The fourth-order valence-electron chi connectivity index (χ4n) is 3.50. The predicted molar refractivity (Wildman–Crippen MR) is 131 cm³/mol. The number of nitrogens with one attached hydrogen (secondary N) is 2. The van der Waals surface area contributed by atoms with E-state index in [-0.39, 0.29) is 17.3 Å². The Labute approximate surface area is 240 Å². The molecule has 3 aromatic rings. The van der Waals surface area contributed by atoms with Gasteiger partial charge in [0.15, 0.2) is 0 Å². The monoisotopic (exact) mass is 729 g/mol. The standard InChI is InChI=1S/C24H12F12IN3O2/c25-20(23(31,32)33,22(29,30)24(34,35)36)13-8-15(21(26,27)28)17(16(37)9-13)40-18(41)11-3-1-5-14(7-11)39-19(42)12-4-2-6-38-10-12/h1-10H,(H,39,42)(H,40,41). The summed E-state index contributed by atoms with van der Waals surface area (Å²) in [5.74, 6) is -9.28. The molecule has 2 aromatic carbocycles. The minimum absolute atomic E-state index is 0.0423. The molecule has 18 heteroatoms. The zero-order chi connectivity index (χ0) is 31.9. The Morgan fingerprint density at radius 3 is 1.83 bits per heavy atom. The summed E-state index contributed by atoms with van der Waals surface area (Å²) in [6.45, 7) is 0. The van der Waals surface area contributed by atoms with Crippen LogP contribution in [0.4, 0.5) is 64.1 Å². The van der Waals surface area contributed by atoms with E-state index in [1.165, 1.54) is 36.7 Å². The van der Waals surface area contributed by atoms with Gasteiger partial charge in [-0.2, -0.15) is 48.3 Å². The van der Waals surface area contributed by atoms with Gasteiger partial charge in [0.25, 0.3) is 11.8 Å². The molecule has 0 bridgehead atoms. The van der Waals surface area contributed by atoms with Crippen molar-refractivity contribution < 1.29 is 62.3 Å². The molecule has 2 N–H and O–H groups in total. The normalized spacial score (nSPS) is 14.2. The lowest BCUT2D eigenvalue weighted by Gasteiger charge is -2.36. The maximum absolute atomic E-state index is 14.9. The first-order valence-corrected chi connectivity index (χ1v) is 11.9. The van der Waals surface area contributed by atoms with Gasteiger partial charge in [0.2, 0.25) is 0 Å². The van der Waals surface area contributed by atoms with Crippen molar-refractivity contribution in [3.8, 4) is 0 Å². The Balaban J connectivity index is 2.06. The van der Waals surface area contributed by atoms with E-state index in [9.17, 15) is 62.3 Å². The van der Waals surface area contributed by atoms with Crippen molar-refractivity contribution in [3.63, 3.8) is 0 Å². The molecule has 5 nitrogen and oxygen atoms in total. The van der Waals surface area contributed by atoms with Gasteiger partial charge in [-0.1, -0.05) is 6.07 Å². The van der Waals surface area contributed by atoms with Gasteiger partial charge in [-0.05, 0) is 65.1 Å². The highest BCUT2D eigenvalue weighted by Gasteiger charge is 2.82. The molecule has 2 amide bonds. The Hall–Kier alpha value is -3.58. The van der Waals surface area contributed by atoms with E-state index in [0.29, 0.717) is 0 Å². The van der Waals surface area contributed by atoms with Crippen molar-refractivity contribution in [2.75, 3.05) is 10.6 Å². The molecular formula is C24H12F12IN3O2. The lowest BCUT2D eigenvalue weighted by molar-refractivity contribution is -0.389. The summed E-state index contributed by atoms with van der Waals surface area (Å²) >= 11 is 0.813. The zero-order valence-electron chi connectivity index (χ0n) is 20.0. The second kappa shape index (κ2) is 11.3. The van der Waals surface area contributed by atoms with Gasteiger partial charge < -0.3 is 10.6 Å². The molecular weight excluding hydrogens is 717 g/mol. The molecule has 42 heavy (non-hydrogen) atoms. The van der Waals surface area contributed by atoms with Gasteiger partial charge >= 0.3 is 30.1 Å². The number of hydrogen-bond donors (Lipinski definition) is 2. The molecule has 1 heterocycles. The van der Waals surface area contributed by atoms with E-state index in [4.69, 9.17) is 0 Å². The molecule has 1 aromatic heterocycles. The van der Waals surface area contributed by atoms with Crippen LogP contribution in [0.2, 0.25) is 0 Å². The third-order valence-corrected chi connectivity index (χ3v) is 6.37. The largest absolute Gasteiger partial charge is 0.457 e. The third kappa shape index (κ3) is 6.26. The predicted octanol–water partition coefficient (Wildman–Crippen LogP) is 8.13. The number of pyridine rings is 1. The molecule has 226 valence electrons.